The van der Waals surface area contributed by atoms with E-state index in [4.69, 9.17) is 0 Å². The molecule has 5 nitrogen and oxygen atoms in total. The maximum Gasteiger partial charge on any atom is 0.257 e. The van der Waals surface area contributed by atoms with Gasteiger partial charge in [-0.15, -0.1) is 0 Å². The highest BCUT2D eigenvalue weighted by Crippen LogP contribution is 2.23. The summed E-state index contributed by atoms with van der Waals surface area (Å²) in [5.41, 5.74) is 5.79. The lowest BCUT2D eigenvalue weighted by Gasteiger charge is -2.11. The number of carbonyl (C=O) groups excluding carboxylic acids is 2. The van der Waals surface area contributed by atoms with Crippen LogP contribution in [-0.2, 0) is 0 Å². The molecule has 2 amide bonds. The van der Waals surface area contributed by atoms with Crippen molar-refractivity contribution in [3.63, 3.8) is 0 Å². The molecule has 28 heavy (non-hydrogen) atoms. The highest BCUT2D eigenvalue weighted by molar-refractivity contribution is 6.06. The fourth-order valence-electron chi connectivity index (χ4n) is 3.36. The Kier molecular flexibility index (Phi) is 5.64. The van der Waals surface area contributed by atoms with Gasteiger partial charge in [-0.3, -0.25) is 9.59 Å². The molecule has 0 fully saturated rings. The predicted octanol–water partition coefficient (Wildman–Crippen LogP) is 4.40. The van der Waals surface area contributed by atoms with Crippen molar-refractivity contribution in [1.82, 2.24) is 9.88 Å². The van der Waals surface area contributed by atoms with Crippen LogP contribution in [0.4, 0.5) is 5.69 Å². The molecule has 0 unspecified atom stereocenters. The second kappa shape index (κ2) is 8.13. The van der Waals surface area contributed by atoms with E-state index in [2.05, 4.69) is 21.3 Å². The fraction of sp³-hybridized carbons (Fsp3) is 0.217. The first kappa shape index (κ1) is 19.4. The Morgan fingerprint density at radius 3 is 2.39 bits per heavy atom. The van der Waals surface area contributed by atoms with Gasteiger partial charge in [0, 0.05) is 34.9 Å². The third-order valence-electron chi connectivity index (χ3n) is 4.66. The van der Waals surface area contributed by atoms with Gasteiger partial charge in [0.25, 0.3) is 11.8 Å². The predicted molar refractivity (Wildman–Crippen MR) is 112 cm³/mol. The molecule has 0 bridgehead atoms. The lowest BCUT2D eigenvalue weighted by molar-refractivity contribution is 0.0954. The van der Waals surface area contributed by atoms with Crippen LogP contribution in [0.15, 0.2) is 54.6 Å². The Balaban J connectivity index is 1.87. The smallest absolute Gasteiger partial charge is 0.257 e. The average Bonchev–Trinajstić information content (AvgIpc) is 2.96. The maximum atomic E-state index is 12.9. The molecule has 0 radical (unpaired) electrons. The first-order valence-electron chi connectivity index (χ1n) is 9.36. The SMILES string of the molecule is CCNC(=O)c1cccc(NC(=O)c2cc(C)n(-c3cccc(C)c3)c2C)c1. The second-order valence-corrected chi connectivity index (χ2v) is 6.85. The van der Waals surface area contributed by atoms with Crippen molar-refractivity contribution < 1.29 is 9.59 Å². The van der Waals surface area contributed by atoms with E-state index in [0.717, 1.165) is 22.6 Å². The molecular formula is C23H25N3O2. The van der Waals surface area contributed by atoms with Gasteiger partial charge in [-0.2, -0.15) is 0 Å². The van der Waals surface area contributed by atoms with Gasteiger partial charge >= 0.3 is 0 Å². The van der Waals surface area contributed by atoms with Crippen LogP contribution < -0.4 is 10.6 Å². The van der Waals surface area contributed by atoms with Crippen LogP contribution in [0, 0.1) is 20.8 Å². The number of anilines is 1. The van der Waals surface area contributed by atoms with Crippen molar-refractivity contribution in [2.75, 3.05) is 11.9 Å². The third kappa shape index (κ3) is 3.98. The molecule has 0 aliphatic carbocycles. The minimum absolute atomic E-state index is 0.156. The van der Waals surface area contributed by atoms with E-state index in [-0.39, 0.29) is 11.8 Å². The van der Waals surface area contributed by atoms with Crippen molar-refractivity contribution in [3.05, 3.63) is 82.7 Å². The molecule has 0 atom stereocenters. The molecule has 1 heterocycles. The quantitative estimate of drug-likeness (QED) is 0.694. The Hall–Kier alpha value is -3.34. The van der Waals surface area contributed by atoms with Gasteiger partial charge in [-0.1, -0.05) is 18.2 Å². The van der Waals surface area contributed by atoms with Crippen LogP contribution in [0.5, 0.6) is 0 Å². The summed E-state index contributed by atoms with van der Waals surface area (Å²) in [7, 11) is 0. The summed E-state index contributed by atoms with van der Waals surface area (Å²) in [6.07, 6.45) is 0. The normalized spacial score (nSPS) is 10.6. The van der Waals surface area contributed by atoms with Gasteiger partial charge in [-0.25, -0.2) is 0 Å². The number of aryl methyl sites for hydroxylation is 2. The van der Waals surface area contributed by atoms with E-state index >= 15 is 0 Å². The molecule has 5 heteroatoms. The summed E-state index contributed by atoms with van der Waals surface area (Å²) < 4.78 is 2.08. The van der Waals surface area contributed by atoms with Crippen LogP contribution in [0.25, 0.3) is 5.69 Å². The van der Waals surface area contributed by atoms with E-state index < -0.39 is 0 Å². The molecule has 2 N–H and O–H groups in total. The topological polar surface area (TPSA) is 63.1 Å². The minimum atomic E-state index is -0.194. The molecular weight excluding hydrogens is 350 g/mol. The van der Waals surface area contributed by atoms with Crippen LogP contribution in [0.3, 0.4) is 0 Å². The Morgan fingerprint density at radius 1 is 0.929 bits per heavy atom. The van der Waals surface area contributed by atoms with E-state index in [1.165, 1.54) is 0 Å². The van der Waals surface area contributed by atoms with Gasteiger partial charge < -0.3 is 15.2 Å². The summed E-state index contributed by atoms with van der Waals surface area (Å²) in [6.45, 7) is 8.40. The summed E-state index contributed by atoms with van der Waals surface area (Å²) in [5.74, 6) is -0.351. The molecule has 3 rings (SSSR count). The highest BCUT2D eigenvalue weighted by Gasteiger charge is 2.17. The molecule has 0 aliphatic heterocycles. The Bertz CT molecular complexity index is 1030. The lowest BCUT2D eigenvalue weighted by Crippen LogP contribution is -2.22. The number of aromatic nitrogens is 1. The van der Waals surface area contributed by atoms with Gasteiger partial charge in [0.1, 0.15) is 0 Å². The van der Waals surface area contributed by atoms with Crippen LogP contribution in [-0.4, -0.2) is 22.9 Å². The largest absolute Gasteiger partial charge is 0.352 e. The minimum Gasteiger partial charge on any atom is -0.352 e. The van der Waals surface area contributed by atoms with Crippen molar-refractivity contribution >= 4 is 17.5 Å². The molecule has 0 saturated carbocycles. The summed E-state index contributed by atoms with van der Waals surface area (Å²) in [5, 5.41) is 5.67. The number of hydrogen-bond acceptors (Lipinski definition) is 2. The first-order chi connectivity index (χ1) is 13.4. The summed E-state index contributed by atoms with van der Waals surface area (Å²) in [6, 6.07) is 17.0. The number of rotatable bonds is 5. The van der Waals surface area contributed by atoms with Crippen LogP contribution >= 0.6 is 0 Å². The van der Waals surface area contributed by atoms with Gasteiger partial charge in [0.15, 0.2) is 0 Å². The summed E-state index contributed by atoms with van der Waals surface area (Å²) >= 11 is 0. The Morgan fingerprint density at radius 2 is 1.68 bits per heavy atom. The third-order valence-corrected chi connectivity index (χ3v) is 4.66. The van der Waals surface area contributed by atoms with Crippen molar-refractivity contribution in [2.24, 2.45) is 0 Å². The molecule has 0 saturated heterocycles. The van der Waals surface area contributed by atoms with Crippen LogP contribution in [0.2, 0.25) is 0 Å². The molecule has 3 aromatic rings. The van der Waals surface area contributed by atoms with E-state index in [1.807, 2.05) is 52.0 Å². The molecule has 0 aliphatic rings. The van der Waals surface area contributed by atoms with Crippen molar-refractivity contribution in [3.8, 4) is 5.69 Å². The zero-order valence-electron chi connectivity index (χ0n) is 16.7. The number of carbonyl (C=O) groups is 2. The maximum absolute atomic E-state index is 12.9. The van der Waals surface area contributed by atoms with Crippen LogP contribution in [0.1, 0.15) is 44.6 Å². The average molecular weight is 375 g/mol. The summed E-state index contributed by atoms with van der Waals surface area (Å²) in [4.78, 5) is 24.9. The van der Waals surface area contributed by atoms with Gasteiger partial charge in [0.05, 0.1) is 5.56 Å². The molecule has 1 aromatic heterocycles. The molecule has 0 spiro atoms. The van der Waals surface area contributed by atoms with E-state index in [9.17, 15) is 9.59 Å². The van der Waals surface area contributed by atoms with Gasteiger partial charge in [0.2, 0.25) is 0 Å². The zero-order valence-corrected chi connectivity index (χ0v) is 16.7. The number of nitrogens with zero attached hydrogens (tertiary/aromatic N) is 1. The Labute approximate surface area is 165 Å². The number of hydrogen-bond donors (Lipinski definition) is 2. The zero-order chi connectivity index (χ0) is 20.3. The molecule has 2 aromatic carbocycles. The standard InChI is InChI=1S/C23H25N3O2/c1-5-24-22(27)18-9-7-10-19(14-18)25-23(28)21-13-16(3)26(17(21)4)20-11-6-8-15(2)12-20/h6-14H,5H2,1-4H3,(H,24,27)(H,25,28). The van der Waals surface area contributed by atoms with Crippen molar-refractivity contribution in [2.45, 2.75) is 27.7 Å². The lowest BCUT2D eigenvalue weighted by atomic mass is 10.1. The first-order valence-corrected chi connectivity index (χ1v) is 9.36. The fourth-order valence-corrected chi connectivity index (χ4v) is 3.36. The number of nitrogens with one attached hydrogen (secondary N) is 2. The second-order valence-electron chi connectivity index (χ2n) is 6.85. The highest BCUT2D eigenvalue weighted by atomic mass is 16.2. The molecule has 144 valence electrons. The van der Waals surface area contributed by atoms with E-state index in [1.54, 1.807) is 24.3 Å². The number of amides is 2. The monoisotopic (exact) mass is 375 g/mol. The number of benzene rings is 2. The van der Waals surface area contributed by atoms with E-state index in [0.29, 0.717) is 23.4 Å². The van der Waals surface area contributed by atoms with Crippen molar-refractivity contribution in [1.29, 1.82) is 0 Å². The van der Waals surface area contributed by atoms with Gasteiger partial charge in [-0.05, 0) is 69.7 Å².